The van der Waals surface area contributed by atoms with Crippen LogP contribution in [0.15, 0.2) is 0 Å². The average molecular weight is 247 g/mol. The Balaban J connectivity index is 1.99. The van der Waals surface area contributed by atoms with Gasteiger partial charge in [-0.25, -0.2) is 4.98 Å². The molecule has 3 rings (SSSR count). The molecule has 0 radical (unpaired) electrons. The first-order valence-corrected chi connectivity index (χ1v) is 7.58. The van der Waals surface area contributed by atoms with Gasteiger partial charge in [0.2, 0.25) is 0 Å². The fourth-order valence-electron chi connectivity index (χ4n) is 3.58. The van der Waals surface area contributed by atoms with E-state index in [0.29, 0.717) is 12.0 Å². The zero-order valence-corrected chi connectivity index (χ0v) is 11.7. The minimum Gasteiger partial charge on any atom is -0.329 e. The molecule has 1 aliphatic heterocycles. The maximum absolute atomic E-state index is 5.00. The van der Waals surface area contributed by atoms with Crippen molar-refractivity contribution in [2.75, 3.05) is 6.54 Å². The third-order valence-corrected chi connectivity index (χ3v) is 4.44. The summed E-state index contributed by atoms with van der Waals surface area (Å²) < 4.78 is 2.55. The highest BCUT2D eigenvalue weighted by atomic mass is 15.1. The van der Waals surface area contributed by atoms with Crippen LogP contribution in [0.5, 0.6) is 0 Å². The Labute approximate surface area is 110 Å². The van der Waals surface area contributed by atoms with Gasteiger partial charge in [0, 0.05) is 37.2 Å². The van der Waals surface area contributed by atoms with Crippen LogP contribution < -0.4 is 5.32 Å². The lowest BCUT2D eigenvalue weighted by Gasteiger charge is -2.25. The van der Waals surface area contributed by atoms with E-state index in [1.165, 1.54) is 49.3 Å². The van der Waals surface area contributed by atoms with Gasteiger partial charge >= 0.3 is 0 Å². The van der Waals surface area contributed by atoms with Gasteiger partial charge in [0.1, 0.15) is 5.82 Å². The van der Waals surface area contributed by atoms with E-state index >= 15 is 0 Å². The van der Waals surface area contributed by atoms with Crippen LogP contribution in [-0.2, 0) is 13.0 Å². The zero-order valence-electron chi connectivity index (χ0n) is 11.7. The van der Waals surface area contributed by atoms with Gasteiger partial charge in [0.15, 0.2) is 0 Å². The maximum atomic E-state index is 5.00. The van der Waals surface area contributed by atoms with Gasteiger partial charge in [-0.15, -0.1) is 0 Å². The number of fused-ring (bicyclic) bond motifs is 1. The first-order chi connectivity index (χ1) is 8.77. The molecule has 1 N–H and O–H groups in total. The Hall–Kier alpha value is -0.830. The maximum Gasteiger partial charge on any atom is 0.112 e. The van der Waals surface area contributed by atoms with Crippen molar-refractivity contribution in [1.29, 1.82) is 0 Å². The van der Waals surface area contributed by atoms with Crippen LogP contribution in [0, 0.1) is 0 Å². The van der Waals surface area contributed by atoms with Crippen LogP contribution in [0.2, 0.25) is 0 Å². The van der Waals surface area contributed by atoms with Gasteiger partial charge in [-0.1, -0.05) is 19.3 Å². The van der Waals surface area contributed by atoms with E-state index < -0.39 is 0 Å². The summed E-state index contributed by atoms with van der Waals surface area (Å²) in [6.45, 7) is 6.68. The number of hydrogen-bond donors (Lipinski definition) is 1. The number of imidazole rings is 1. The Kier molecular flexibility index (Phi) is 3.42. The molecule has 1 aromatic rings. The summed E-state index contributed by atoms with van der Waals surface area (Å²) in [4.78, 5) is 5.00. The van der Waals surface area contributed by atoms with Gasteiger partial charge in [-0.05, 0) is 26.7 Å². The van der Waals surface area contributed by atoms with E-state index in [9.17, 15) is 0 Å². The number of aromatic nitrogens is 2. The van der Waals surface area contributed by atoms with Crippen molar-refractivity contribution in [3.8, 4) is 0 Å². The summed E-state index contributed by atoms with van der Waals surface area (Å²) >= 11 is 0. The second-order valence-electron chi connectivity index (χ2n) is 6.09. The van der Waals surface area contributed by atoms with Crippen molar-refractivity contribution >= 4 is 0 Å². The molecule has 18 heavy (non-hydrogen) atoms. The number of rotatable bonds is 2. The molecule has 2 heterocycles. The van der Waals surface area contributed by atoms with Crippen molar-refractivity contribution < 1.29 is 0 Å². The van der Waals surface area contributed by atoms with Gasteiger partial charge in [0.05, 0.1) is 5.69 Å². The summed E-state index contributed by atoms with van der Waals surface area (Å²) in [5, 5.41) is 3.45. The third kappa shape index (κ3) is 2.09. The van der Waals surface area contributed by atoms with Crippen LogP contribution in [0.25, 0.3) is 0 Å². The Morgan fingerprint density at radius 1 is 1.22 bits per heavy atom. The fourth-order valence-corrected chi connectivity index (χ4v) is 3.58. The first-order valence-electron chi connectivity index (χ1n) is 7.58. The molecule has 0 spiro atoms. The van der Waals surface area contributed by atoms with Crippen molar-refractivity contribution in [2.24, 2.45) is 0 Å². The smallest absolute Gasteiger partial charge is 0.112 e. The quantitative estimate of drug-likeness (QED) is 0.870. The summed E-state index contributed by atoms with van der Waals surface area (Å²) in [6, 6.07) is 0.552. The highest BCUT2D eigenvalue weighted by Crippen LogP contribution is 2.35. The molecule has 3 nitrogen and oxygen atoms in total. The van der Waals surface area contributed by atoms with Gasteiger partial charge in [-0.2, -0.15) is 0 Å². The molecule has 3 heteroatoms. The molecule has 0 atom stereocenters. The average Bonchev–Trinajstić information content (AvgIpc) is 2.79. The minimum atomic E-state index is 0.552. The lowest BCUT2D eigenvalue weighted by molar-refractivity contribution is 0.403. The van der Waals surface area contributed by atoms with Crippen LogP contribution in [-0.4, -0.2) is 16.1 Å². The van der Waals surface area contributed by atoms with Crippen molar-refractivity contribution in [3.05, 3.63) is 17.2 Å². The monoisotopic (exact) mass is 247 g/mol. The van der Waals surface area contributed by atoms with Gasteiger partial charge < -0.3 is 9.88 Å². The lowest BCUT2D eigenvalue weighted by Crippen LogP contribution is -2.25. The summed E-state index contributed by atoms with van der Waals surface area (Å²) in [7, 11) is 0. The van der Waals surface area contributed by atoms with Crippen molar-refractivity contribution in [2.45, 2.75) is 70.9 Å². The van der Waals surface area contributed by atoms with E-state index in [-0.39, 0.29) is 0 Å². The minimum absolute atomic E-state index is 0.552. The third-order valence-electron chi connectivity index (χ3n) is 4.44. The first kappa shape index (κ1) is 12.2. The van der Waals surface area contributed by atoms with E-state index in [0.717, 1.165) is 19.5 Å². The SMILES string of the molecule is CC(C)n1c(C2CCCCC2)nc2c1CCNC2. The van der Waals surface area contributed by atoms with Crippen LogP contribution in [0.3, 0.4) is 0 Å². The molecular formula is C15H25N3. The van der Waals surface area contributed by atoms with E-state index in [2.05, 4.69) is 23.7 Å². The standard InChI is InChI=1S/C15H25N3/c1-11(2)18-14-8-9-16-10-13(14)17-15(18)12-6-4-3-5-7-12/h11-12,16H,3-10H2,1-2H3. The largest absolute Gasteiger partial charge is 0.329 e. The molecule has 1 aromatic heterocycles. The molecule has 0 saturated heterocycles. The molecule has 1 fully saturated rings. The highest BCUT2D eigenvalue weighted by molar-refractivity contribution is 5.23. The molecule has 0 amide bonds. The summed E-state index contributed by atoms with van der Waals surface area (Å²) in [6.07, 6.45) is 8.02. The van der Waals surface area contributed by atoms with Crippen LogP contribution in [0.4, 0.5) is 0 Å². The Bertz CT molecular complexity index is 414. The number of nitrogens with one attached hydrogen (secondary N) is 1. The molecule has 1 aliphatic carbocycles. The number of nitrogens with zero attached hydrogens (tertiary/aromatic N) is 2. The van der Waals surface area contributed by atoms with E-state index in [1.54, 1.807) is 0 Å². The predicted octanol–water partition coefficient (Wildman–Crippen LogP) is 3.16. The van der Waals surface area contributed by atoms with Crippen LogP contribution in [0.1, 0.15) is 75.1 Å². The molecule has 100 valence electrons. The normalized spacial score (nSPS) is 21.3. The number of hydrogen-bond acceptors (Lipinski definition) is 2. The second-order valence-corrected chi connectivity index (χ2v) is 6.09. The molecule has 0 unspecified atom stereocenters. The Morgan fingerprint density at radius 3 is 2.72 bits per heavy atom. The topological polar surface area (TPSA) is 29.9 Å². The van der Waals surface area contributed by atoms with E-state index in [1.807, 2.05) is 0 Å². The molecule has 2 aliphatic rings. The summed E-state index contributed by atoms with van der Waals surface area (Å²) in [5.74, 6) is 2.10. The lowest BCUT2D eigenvalue weighted by atomic mass is 9.88. The van der Waals surface area contributed by atoms with Gasteiger partial charge in [0.25, 0.3) is 0 Å². The predicted molar refractivity (Wildman–Crippen MR) is 73.8 cm³/mol. The van der Waals surface area contributed by atoms with Gasteiger partial charge in [-0.3, -0.25) is 0 Å². The van der Waals surface area contributed by atoms with Crippen LogP contribution >= 0.6 is 0 Å². The Morgan fingerprint density at radius 2 is 2.00 bits per heavy atom. The van der Waals surface area contributed by atoms with E-state index in [4.69, 9.17) is 4.98 Å². The molecule has 0 bridgehead atoms. The zero-order chi connectivity index (χ0) is 12.5. The molecular weight excluding hydrogens is 222 g/mol. The van der Waals surface area contributed by atoms with Crippen molar-refractivity contribution in [1.82, 2.24) is 14.9 Å². The molecule has 0 aromatic carbocycles. The highest BCUT2D eigenvalue weighted by Gasteiger charge is 2.27. The van der Waals surface area contributed by atoms with Crippen molar-refractivity contribution in [3.63, 3.8) is 0 Å². The fraction of sp³-hybridized carbons (Fsp3) is 0.800. The molecule has 1 saturated carbocycles. The summed E-state index contributed by atoms with van der Waals surface area (Å²) in [5.41, 5.74) is 2.82. The second kappa shape index (κ2) is 5.04.